The highest BCUT2D eigenvalue weighted by atomic mass is 16.5. The molecule has 2 heterocycles. The number of hydrogen-bond donors (Lipinski definition) is 2. The molecule has 6 heteroatoms. The van der Waals surface area contributed by atoms with Crippen molar-refractivity contribution in [2.75, 3.05) is 32.6 Å². The molecule has 1 aromatic heterocycles. The van der Waals surface area contributed by atoms with Crippen molar-refractivity contribution in [3.63, 3.8) is 0 Å². The van der Waals surface area contributed by atoms with Crippen molar-refractivity contribution < 1.29 is 14.3 Å². The van der Waals surface area contributed by atoms with Crippen LogP contribution in [0.2, 0.25) is 0 Å². The van der Waals surface area contributed by atoms with Gasteiger partial charge in [0.05, 0.1) is 25.3 Å². The van der Waals surface area contributed by atoms with Crippen LogP contribution in [-0.4, -0.2) is 49.1 Å². The van der Waals surface area contributed by atoms with Crippen molar-refractivity contribution in [1.29, 1.82) is 0 Å². The van der Waals surface area contributed by atoms with E-state index in [1.54, 1.807) is 14.2 Å². The van der Waals surface area contributed by atoms with Gasteiger partial charge in [0, 0.05) is 42.0 Å². The number of nitrogens with zero attached hydrogens (tertiary/aromatic N) is 1. The highest BCUT2D eigenvalue weighted by Crippen LogP contribution is 2.31. The monoisotopic (exact) mass is 407 g/mol. The Hall–Kier alpha value is -3.15. The molecule has 0 bridgehead atoms. The van der Waals surface area contributed by atoms with Crippen molar-refractivity contribution in [2.24, 2.45) is 0 Å². The van der Waals surface area contributed by atoms with E-state index >= 15 is 0 Å². The zero-order chi connectivity index (χ0) is 21.3. The van der Waals surface area contributed by atoms with Crippen LogP contribution in [0.1, 0.15) is 34.5 Å². The van der Waals surface area contributed by atoms with Crippen molar-refractivity contribution in [2.45, 2.75) is 32.7 Å². The summed E-state index contributed by atoms with van der Waals surface area (Å²) in [6.45, 7) is 5.58. The van der Waals surface area contributed by atoms with E-state index in [0.29, 0.717) is 18.0 Å². The van der Waals surface area contributed by atoms with Gasteiger partial charge in [-0.15, -0.1) is 0 Å². The average molecular weight is 408 g/mol. The molecule has 1 amide bonds. The minimum Gasteiger partial charge on any atom is -0.493 e. The first kappa shape index (κ1) is 20.1. The molecule has 1 saturated heterocycles. The van der Waals surface area contributed by atoms with Crippen LogP contribution in [-0.2, 0) is 0 Å². The minimum absolute atomic E-state index is 0.0839. The topological polar surface area (TPSA) is 66.6 Å². The maximum atomic E-state index is 13.4. The number of carbonyl (C=O) groups excluding carboxylic acids is 1. The smallest absolute Gasteiger partial charge is 0.256 e. The summed E-state index contributed by atoms with van der Waals surface area (Å²) in [6, 6.07) is 12.0. The Kier molecular flexibility index (Phi) is 5.57. The van der Waals surface area contributed by atoms with E-state index in [2.05, 4.69) is 23.3 Å². The number of benzene rings is 2. The second kappa shape index (κ2) is 8.30. The van der Waals surface area contributed by atoms with Crippen LogP contribution in [0.5, 0.6) is 11.5 Å². The Labute approximate surface area is 177 Å². The van der Waals surface area contributed by atoms with Gasteiger partial charge in [-0.3, -0.25) is 4.79 Å². The van der Waals surface area contributed by atoms with Crippen molar-refractivity contribution in [3.8, 4) is 11.5 Å². The highest BCUT2D eigenvalue weighted by molar-refractivity contribution is 6.06. The van der Waals surface area contributed by atoms with Crippen LogP contribution in [0, 0.1) is 13.8 Å². The van der Waals surface area contributed by atoms with Crippen LogP contribution >= 0.6 is 0 Å². The van der Waals surface area contributed by atoms with E-state index in [1.807, 2.05) is 42.2 Å². The van der Waals surface area contributed by atoms with Crippen LogP contribution < -0.4 is 14.8 Å². The molecule has 0 radical (unpaired) electrons. The Morgan fingerprint density at radius 1 is 1.13 bits per heavy atom. The summed E-state index contributed by atoms with van der Waals surface area (Å²) < 4.78 is 10.7. The maximum Gasteiger partial charge on any atom is 0.256 e. The number of para-hydroxylation sites is 1. The summed E-state index contributed by atoms with van der Waals surface area (Å²) in [5.74, 6) is 1.48. The van der Waals surface area contributed by atoms with Crippen LogP contribution in [0.25, 0.3) is 10.9 Å². The molecular weight excluding hydrogens is 378 g/mol. The molecule has 4 rings (SSSR count). The third-order valence-corrected chi connectivity index (χ3v) is 6.04. The number of piperidine rings is 1. The Bertz CT molecular complexity index is 1070. The van der Waals surface area contributed by atoms with Crippen LogP contribution in [0.4, 0.5) is 5.69 Å². The van der Waals surface area contributed by atoms with Gasteiger partial charge in [-0.05, 0) is 50.5 Å². The van der Waals surface area contributed by atoms with Gasteiger partial charge in [-0.1, -0.05) is 12.1 Å². The first-order valence-electron chi connectivity index (χ1n) is 10.4. The number of H-pyrrole nitrogens is 1. The van der Waals surface area contributed by atoms with Crippen LogP contribution in [0.3, 0.4) is 0 Å². The van der Waals surface area contributed by atoms with E-state index < -0.39 is 0 Å². The molecule has 30 heavy (non-hydrogen) atoms. The normalized spacial score (nSPS) is 16.5. The molecule has 0 unspecified atom stereocenters. The van der Waals surface area contributed by atoms with Gasteiger partial charge in [0.25, 0.3) is 5.91 Å². The van der Waals surface area contributed by atoms with Gasteiger partial charge < -0.3 is 24.7 Å². The second-order valence-electron chi connectivity index (χ2n) is 7.91. The van der Waals surface area contributed by atoms with Crippen LogP contribution in [0.15, 0.2) is 36.4 Å². The summed E-state index contributed by atoms with van der Waals surface area (Å²) >= 11 is 0. The van der Waals surface area contributed by atoms with E-state index in [4.69, 9.17) is 9.47 Å². The molecule has 3 aromatic rings. The van der Waals surface area contributed by atoms with E-state index in [9.17, 15) is 4.79 Å². The first-order valence-corrected chi connectivity index (χ1v) is 10.4. The first-order chi connectivity index (χ1) is 14.5. The average Bonchev–Trinajstić information content (AvgIpc) is 3.07. The third-order valence-electron chi connectivity index (χ3n) is 6.04. The molecule has 1 aliphatic rings. The summed E-state index contributed by atoms with van der Waals surface area (Å²) in [5, 5.41) is 4.68. The number of rotatable bonds is 5. The van der Waals surface area contributed by atoms with Gasteiger partial charge in [-0.2, -0.15) is 0 Å². The zero-order valence-electron chi connectivity index (χ0n) is 18.0. The number of hydrogen-bond acceptors (Lipinski definition) is 4. The molecule has 1 aliphatic heterocycles. The second-order valence-corrected chi connectivity index (χ2v) is 7.91. The molecule has 6 nitrogen and oxygen atoms in total. The van der Waals surface area contributed by atoms with Crippen molar-refractivity contribution in [1.82, 2.24) is 9.88 Å². The number of fused-ring (bicyclic) bond motifs is 1. The Balaban J connectivity index is 1.52. The molecule has 2 aromatic carbocycles. The lowest BCUT2D eigenvalue weighted by atomic mass is 10.0. The van der Waals surface area contributed by atoms with Gasteiger partial charge in [0.15, 0.2) is 11.5 Å². The largest absolute Gasteiger partial charge is 0.493 e. The maximum absolute atomic E-state index is 13.4. The summed E-state index contributed by atoms with van der Waals surface area (Å²) in [7, 11) is 3.26. The number of aromatic nitrogens is 1. The Morgan fingerprint density at radius 2 is 1.93 bits per heavy atom. The number of carbonyl (C=O) groups is 1. The fourth-order valence-electron chi connectivity index (χ4n) is 4.27. The lowest BCUT2D eigenvalue weighted by molar-refractivity contribution is 0.0716. The third kappa shape index (κ3) is 3.70. The lowest BCUT2D eigenvalue weighted by Gasteiger charge is -2.34. The van der Waals surface area contributed by atoms with Gasteiger partial charge in [-0.25, -0.2) is 0 Å². The number of likely N-dealkylation sites (tertiary alicyclic amines) is 1. The van der Waals surface area contributed by atoms with Crippen molar-refractivity contribution >= 4 is 22.5 Å². The SMILES string of the molecule is COc1ccc(N[C@H]2CCCN(C(=O)c3cccc4c(C)c(C)[nH]c34)C2)cc1OC. The number of ether oxygens (including phenoxy) is 2. The van der Waals surface area contributed by atoms with E-state index in [-0.39, 0.29) is 11.9 Å². The molecule has 158 valence electrons. The van der Waals surface area contributed by atoms with Gasteiger partial charge >= 0.3 is 0 Å². The summed E-state index contributed by atoms with van der Waals surface area (Å²) in [6.07, 6.45) is 1.98. The molecule has 0 spiro atoms. The zero-order valence-corrected chi connectivity index (χ0v) is 18.0. The predicted molar refractivity (Wildman–Crippen MR) is 120 cm³/mol. The minimum atomic E-state index is 0.0839. The molecule has 1 fully saturated rings. The van der Waals surface area contributed by atoms with Crippen molar-refractivity contribution in [3.05, 3.63) is 53.2 Å². The number of aromatic amines is 1. The number of methoxy groups -OCH3 is 2. The standard InChI is InChI=1S/C24H29N3O3/c1-15-16(2)25-23-19(15)8-5-9-20(23)24(28)27-12-6-7-18(14-27)26-17-10-11-21(29-3)22(13-17)30-4/h5,8-11,13,18,25-26H,6-7,12,14H2,1-4H3/t18-/m0/s1. The molecular formula is C24H29N3O3. The summed E-state index contributed by atoms with van der Waals surface area (Å²) in [4.78, 5) is 18.7. The number of aryl methyl sites for hydroxylation is 2. The number of nitrogens with one attached hydrogen (secondary N) is 2. The Morgan fingerprint density at radius 3 is 2.70 bits per heavy atom. The van der Waals surface area contributed by atoms with Gasteiger partial charge in [0.1, 0.15) is 0 Å². The van der Waals surface area contributed by atoms with E-state index in [0.717, 1.165) is 47.2 Å². The quantitative estimate of drug-likeness (QED) is 0.653. The molecule has 0 aliphatic carbocycles. The fourth-order valence-corrected chi connectivity index (χ4v) is 4.27. The number of anilines is 1. The van der Waals surface area contributed by atoms with E-state index in [1.165, 1.54) is 5.56 Å². The summed E-state index contributed by atoms with van der Waals surface area (Å²) in [5.41, 5.74) is 4.95. The molecule has 1 atom stereocenters. The predicted octanol–water partition coefficient (Wildman–Crippen LogP) is 4.52. The molecule has 2 N–H and O–H groups in total. The fraction of sp³-hybridized carbons (Fsp3) is 0.375. The highest BCUT2D eigenvalue weighted by Gasteiger charge is 2.26. The molecule has 0 saturated carbocycles. The van der Waals surface area contributed by atoms with Gasteiger partial charge in [0.2, 0.25) is 0 Å². The number of amides is 1. The lowest BCUT2D eigenvalue weighted by Crippen LogP contribution is -2.45.